The van der Waals surface area contributed by atoms with Gasteiger partial charge in [-0.2, -0.15) is 0 Å². The van der Waals surface area contributed by atoms with Gasteiger partial charge in [-0.25, -0.2) is 23.5 Å². The number of halogens is 2. The molecule has 6 heteroatoms. The molecule has 0 unspecified atom stereocenters. The van der Waals surface area contributed by atoms with Crippen molar-refractivity contribution in [2.45, 2.75) is 13.3 Å². The molecule has 0 atom stereocenters. The predicted molar refractivity (Wildman–Crippen MR) is 38.7 cm³/mol. The van der Waals surface area contributed by atoms with Crippen LogP contribution in [-0.4, -0.2) is 21.0 Å². The molecule has 0 aliphatic heterocycles. The monoisotopic (exact) mass is 188 g/mol. The van der Waals surface area contributed by atoms with Crippen molar-refractivity contribution in [3.05, 3.63) is 23.3 Å². The minimum Gasteiger partial charge on any atom is -0.475 e. The number of alkyl halides is 2. The number of nitrogens with zero attached hydrogens (tertiary/aromatic N) is 2. The molecule has 70 valence electrons. The topological polar surface area (TPSA) is 63.1 Å². The first-order valence-corrected chi connectivity index (χ1v) is 3.37. The summed E-state index contributed by atoms with van der Waals surface area (Å²) < 4.78 is 24.3. The third-order valence-corrected chi connectivity index (χ3v) is 1.44. The zero-order valence-electron chi connectivity index (χ0n) is 6.66. The molecule has 0 saturated carbocycles. The van der Waals surface area contributed by atoms with E-state index in [1.54, 1.807) is 0 Å². The van der Waals surface area contributed by atoms with Gasteiger partial charge in [-0.05, 0) is 6.92 Å². The van der Waals surface area contributed by atoms with E-state index in [2.05, 4.69) is 9.97 Å². The van der Waals surface area contributed by atoms with Gasteiger partial charge in [0.25, 0.3) is 6.43 Å². The molecule has 0 amide bonds. The first kappa shape index (κ1) is 9.50. The first-order valence-electron chi connectivity index (χ1n) is 3.37. The Morgan fingerprint density at radius 3 is 2.62 bits per heavy atom. The van der Waals surface area contributed by atoms with Crippen LogP contribution < -0.4 is 0 Å². The summed E-state index contributed by atoms with van der Waals surface area (Å²) in [5, 5.41) is 8.43. The van der Waals surface area contributed by atoms with Crippen molar-refractivity contribution in [2.24, 2.45) is 0 Å². The maximum atomic E-state index is 12.1. The highest BCUT2D eigenvalue weighted by atomic mass is 19.3. The number of rotatable bonds is 2. The van der Waals surface area contributed by atoms with Gasteiger partial charge >= 0.3 is 5.97 Å². The van der Waals surface area contributed by atoms with E-state index >= 15 is 0 Å². The second-order valence-corrected chi connectivity index (χ2v) is 2.34. The molecule has 0 aliphatic carbocycles. The van der Waals surface area contributed by atoms with E-state index in [4.69, 9.17) is 5.11 Å². The Morgan fingerprint density at radius 1 is 1.62 bits per heavy atom. The number of aryl methyl sites for hydroxylation is 1. The molecule has 0 fully saturated rings. The van der Waals surface area contributed by atoms with Crippen LogP contribution in [0.2, 0.25) is 0 Å². The van der Waals surface area contributed by atoms with Gasteiger partial charge in [0, 0.05) is 6.20 Å². The normalized spacial score (nSPS) is 10.5. The minimum atomic E-state index is -2.68. The second kappa shape index (κ2) is 3.42. The quantitative estimate of drug-likeness (QED) is 0.762. The molecule has 1 N–H and O–H groups in total. The van der Waals surface area contributed by atoms with Crippen molar-refractivity contribution in [3.63, 3.8) is 0 Å². The number of aromatic carboxylic acids is 1. The van der Waals surface area contributed by atoms with Gasteiger partial charge in [-0.15, -0.1) is 0 Å². The van der Waals surface area contributed by atoms with Crippen LogP contribution in [-0.2, 0) is 0 Å². The van der Waals surface area contributed by atoms with Crippen LogP contribution in [0, 0.1) is 6.92 Å². The first-order chi connectivity index (χ1) is 6.02. The molecule has 1 heterocycles. The Balaban J connectivity index is 3.13. The summed E-state index contributed by atoms with van der Waals surface area (Å²) in [6.45, 7) is 1.32. The molecule has 13 heavy (non-hydrogen) atoms. The van der Waals surface area contributed by atoms with Gasteiger partial charge in [0.1, 0.15) is 0 Å². The maximum Gasteiger partial charge on any atom is 0.373 e. The predicted octanol–water partition coefficient (Wildman–Crippen LogP) is 1.42. The number of aromatic nitrogens is 2. The number of carboxylic acid groups (broad SMARTS) is 1. The fraction of sp³-hybridized carbons (Fsp3) is 0.286. The molecule has 0 saturated heterocycles. The van der Waals surface area contributed by atoms with E-state index in [9.17, 15) is 13.6 Å². The standard InChI is InChI=1S/C7H6F2N2O2/c1-3-4(5(8)9)2-10-6(11-3)7(12)13/h2,5H,1H3,(H,12,13). The molecule has 1 aromatic rings. The molecule has 0 radical (unpaired) electrons. The molecular weight excluding hydrogens is 182 g/mol. The lowest BCUT2D eigenvalue weighted by Crippen LogP contribution is -2.07. The van der Waals surface area contributed by atoms with Crippen molar-refractivity contribution in [3.8, 4) is 0 Å². The lowest BCUT2D eigenvalue weighted by Gasteiger charge is -2.02. The molecule has 0 aliphatic rings. The van der Waals surface area contributed by atoms with Crippen LogP contribution >= 0.6 is 0 Å². The van der Waals surface area contributed by atoms with Crippen molar-refractivity contribution in [1.82, 2.24) is 9.97 Å². The van der Waals surface area contributed by atoms with E-state index in [1.807, 2.05) is 0 Å². The third-order valence-electron chi connectivity index (χ3n) is 1.44. The van der Waals surface area contributed by atoms with Crippen LogP contribution in [0.5, 0.6) is 0 Å². The molecule has 4 nitrogen and oxygen atoms in total. The van der Waals surface area contributed by atoms with E-state index in [0.29, 0.717) is 0 Å². The van der Waals surface area contributed by atoms with Gasteiger partial charge in [-0.1, -0.05) is 0 Å². The highest BCUT2D eigenvalue weighted by molar-refractivity contribution is 5.83. The van der Waals surface area contributed by atoms with E-state index < -0.39 is 18.2 Å². The van der Waals surface area contributed by atoms with Gasteiger partial charge in [-0.3, -0.25) is 0 Å². The smallest absolute Gasteiger partial charge is 0.373 e. The zero-order valence-corrected chi connectivity index (χ0v) is 6.66. The van der Waals surface area contributed by atoms with E-state index in [0.717, 1.165) is 6.20 Å². The summed E-state index contributed by atoms with van der Waals surface area (Å²) in [4.78, 5) is 17.0. The largest absolute Gasteiger partial charge is 0.475 e. The lowest BCUT2D eigenvalue weighted by molar-refractivity contribution is 0.0682. The van der Waals surface area contributed by atoms with Gasteiger partial charge in [0.05, 0.1) is 11.3 Å². The van der Waals surface area contributed by atoms with Crippen LogP contribution in [0.25, 0.3) is 0 Å². The van der Waals surface area contributed by atoms with Gasteiger partial charge in [0.2, 0.25) is 5.82 Å². The Morgan fingerprint density at radius 2 is 2.23 bits per heavy atom. The fourth-order valence-corrected chi connectivity index (χ4v) is 0.794. The number of hydrogen-bond donors (Lipinski definition) is 1. The summed E-state index contributed by atoms with van der Waals surface area (Å²) in [5.74, 6) is -1.80. The minimum absolute atomic E-state index is 0.0117. The number of hydrogen-bond acceptors (Lipinski definition) is 3. The van der Waals surface area contributed by atoms with Crippen molar-refractivity contribution in [2.75, 3.05) is 0 Å². The van der Waals surface area contributed by atoms with Gasteiger partial charge in [0.15, 0.2) is 0 Å². The second-order valence-electron chi connectivity index (χ2n) is 2.34. The van der Waals surface area contributed by atoms with Crippen molar-refractivity contribution >= 4 is 5.97 Å². The molecule has 0 spiro atoms. The number of carboxylic acids is 1. The Bertz CT molecular complexity index is 341. The Hall–Kier alpha value is -1.59. The highest BCUT2D eigenvalue weighted by Crippen LogP contribution is 2.19. The highest BCUT2D eigenvalue weighted by Gasteiger charge is 2.15. The summed E-state index contributed by atoms with van der Waals surface area (Å²) in [6, 6.07) is 0. The Labute approximate surface area is 72.3 Å². The fourth-order valence-electron chi connectivity index (χ4n) is 0.794. The van der Waals surface area contributed by atoms with Crippen LogP contribution in [0.4, 0.5) is 8.78 Å². The Kier molecular flexibility index (Phi) is 2.50. The maximum absolute atomic E-state index is 12.1. The average molecular weight is 188 g/mol. The van der Waals surface area contributed by atoms with E-state index in [1.165, 1.54) is 6.92 Å². The molecule has 1 rings (SSSR count). The van der Waals surface area contributed by atoms with Crippen molar-refractivity contribution in [1.29, 1.82) is 0 Å². The molecule has 0 bridgehead atoms. The summed E-state index contributed by atoms with van der Waals surface area (Å²) in [6.07, 6.45) is -1.85. The van der Waals surface area contributed by atoms with Crippen LogP contribution in [0.15, 0.2) is 6.20 Å². The van der Waals surface area contributed by atoms with Crippen LogP contribution in [0.1, 0.15) is 28.3 Å². The van der Waals surface area contributed by atoms with Crippen molar-refractivity contribution < 1.29 is 18.7 Å². The summed E-state index contributed by atoms with van der Waals surface area (Å²) in [7, 11) is 0. The average Bonchev–Trinajstić information content (AvgIpc) is 2.03. The SMILES string of the molecule is Cc1nc(C(=O)O)ncc1C(F)F. The molecule has 0 aromatic carbocycles. The third kappa shape index (κ3) is 1.95. The molecule has 1 aromatic heterocycles. The summed E-state index contributed by atoms with van der Waals surface area (Å²) in [5.41, 5.74) is -0.354. The van der Waals surface area contributed by atoms with Gasteiger partial charge < -0.3 is 5.11 Å². The zero-order chi connectivity index (χ0) is 10.0. The van der Waals surface area contributed by atoms with Crippen LogP contribution in [0.3, 0.4) is 0 Å². The number of carbonyl (C=O) groups is 1. The van der Waals surface area contributed by atoms with E-state index in [-0.39, 0.29) is 11.3 Å². The summed E-state index contributed by atoms with van der Waals surface area (Å²) >= 11 is 0. The molecular formula is C7H6F2N2O2. The lowest BCUT2D eigenvalue weighted by atomic mass is 10.2.